The van der Waals surface area contributed by atoms with E-state index in [1.54, 1.807) is 43.5 Å². The van der Waals surface area contributed by atoms with E-state index >= 15 is 0 Å². The number of hydrogen-bond acceptors (Lipinski definition) is 7. The molecular weight excluding hydrogens is 354 g/mol. The molecule has 3 aromatic rings. The number of esters is 1. The van der Waals surface area contributed by atoms with E-state index in [1.165, 1.54) is 0 Å². The lowest BCUT2D eigenvalue weighted by molar-refractivity contribution is 0.0526. The van der Waals surface area contributed by atoms with Crippen LogP contribution in [0.4, 0.5) is 28.8 Å². The van der Waals surface area contributed by atoms with Crippen molar-refractivity contribution >= 4 is 34.8 Å². The van der Waals surface area contributed by atoms with Crippen LogP contribution in [0.15, 0.2) is 60.8 Å². The first-order valence-corrected chi connectivity index (χ1v) is 8.97. The fourth-order valence-electron chi connectivity index (χ4n) is 2.51. The number of nitrogens with zero attached hydrogens (tertiary/aromatic N) is 3. The zero-order chi connectivity index (χ0) is 19.9. The van der Waals surface area contributed by atoms with E-state index in [4.69, 9.17) is 4.74 Å². The van der Waals surface area contributed by atoms with Crippen molar-refractivity contribution in [3.05, 3.63) is 66.4 Å². The fraction of sp³-hybridized carbons (Fsp3) is 0.190. The zero-order valence-electron chi connectivity index (χ0n) is 16.1. The van der Waals surface area contributed by atoms with Crippen LogP contribution in [-0.2, 0) is 4.74 Å². The lowest BCUT2D eigenvalue weighted by Crippen LogP contribution is -2.08. The number of rotatable bonds is 7. The fourth-order valence-corrected chi connectivity index (χ4v) is 2.51. The number of benzene rings is 2. The maximum atomic E-state index is 11.7. The second kappa shape index (κ2) is 8.85. The molecule has 1 aromatic heterocycles. The summed E-state index contributed by atoms with van der Waals surface area (Å²) in [5.74, 6) is 0.800. The zero-order valence-corrected chi connectivity index (χ0v) is 16.1. The van der Waals surface area contributed by atoms with Crippen LogP contribution in [0, 0.1) is 0 Å². The van der Waals surface area contributed by atoms with Gasteiger partial charge in [0.25, 0.3) is 0 Å². The third-order valence-corrected chi connectivity index (χ3v) is 3.96. The van der Waals surface area contributed by atoms with E-state index in [0.29, 0.717) is 23.9 Å². The Hall–Kier alpha value is -3.61. The highest BCUT2D eigenvalue weighted by atomic mass is 16.5. The van der Waals surface area contributed by atoms with Crippen molar-refractivity contribution in [1.82, 2.24) is 9.97 Å². The Morgan fingerprint density at radius 2 is 1.61 bits per heavy atom. The Labute approximate surface area is 164 Å². The van der Waals surface area contributed by atoms with E-state index in [-0.39, 0.29) is 5.97 Å². The van der Waals surface area contributed by atoms with Crippen molar-refractivity contribution in [3.63, 3.8) is 0 Å². The SMILES string of the molecule is CCOC(=O)c1ccc(Nc2nccc(Nc3ccc(N(C)C)cc3)n2)cc1. The van der Waals surface area contributed by atoms with Crippen LogP contribution in [0.3, 0.4) is 0 Å². The van der Waals surface area contributed by atoms with E-state index < -0.39 is 0 Å². The number of carbonyl (C=O) groups excluding carboxylic acids is 1. The van der Waals surface area contributed by atoms with Gasteiger partial charge in [-0.25, -0.2) is 9.78 Å². The Balaban J connectivity index is 1.67. The van der Waals surface area contributed by atoms with Crippen molar-refractivity contribution < 1.29 is 9.53 Å². The minimum atomic E-state index is -0.336. The van der Waals surface area contributed by atoms with Crippen LogP contribution in [-0.4, -0.2) is 36.6 Å². The summed E-state index contributed by atoms with van der Waals surface area (Å²) in [6, 6.07) is 16.8. The Bertz CT molecular complexity index is 924. The summed E-state index contributed by atoms with van der Waals surface area (Å²) in [6.45, 7) is 2.13. The number of anilines is 5. The summed E-state index contributed by atoms with van der Waals surface area (Å²) in [4.78, 5) is 22.5. The molecule has 0 atom stereocenters. The molecule has 0 aliphatic heterocycles. The van der Waals surface area contributed by atoms with Crippen LogP contribution >= 0.6 is 0 Å². The summed E-state index contributed by atoms with van der Waals surface area (Å²) in [5, 5.41) is 6.39. The molecule has 3 rings (SSSR count). The molecule has 0 aliphatic carbocycles. The van der Waals surface area contributed by atoms with Gasteiger partial charge < -0.3 is 20.3 Å². The minimum Gasteiger partial charge on any atom is -0.462 e. The maximum absolute atomic E-state index is 11.7. The van der Waals surface area contributed by atoms with Gasteiger partial charge in [-0.3, -0.25) is 0 Å². The Morgan fingerprint density at radius 1 is 0.964 bits per heavy atom. The topological polar surface area (TPSA) is 79.4 Å². The van der Waals surface area contributed by atoms with Gasteiger partial charge in [-0.1, -0.05) is 0 Å². The number of aromatic nitrogens is 2. The molecule has 0 saturated carbocycles. The summed E-state index contributed by atoms with van der Waals surface area (Å²) >= 11 is 0. The van der Waals surface area contributed by atoms with Crippen LogP contribution in [0.2, 0.25) is 0 Å². The molecule has 0 amide bonds. The molecule has 28 heavy (non-hydrogen) atoms. The molecule has 0 bridgehead atoms. The summed E-state index contributed by atoms with van der Waals surface area (Å²) in [6.07, 6.45) is 1.68. The highest BCUT2D eigenvalue weighted by Gasteiger charge is 2.06. The molecule has 0 radical (unpaired) electrons. The third-order valence-electron chi connectivity index (χ3n) is 3.96. The smallest absolute Gasteiger partial charge is 0.338 e. The first kappa shape index (κ1) is 19.2. The molecule has 0 spiro atoms. The minimum absolute atomic E-state index is 0.336. The predicted molar refractivity (Wildman–Crippen MR) is 112 cm³/mol. The van der Waals surface area contributed by atoms with Gasteiger partial charge in [0.05, 0.1) is 12.2 Å². The number of carbonyl (C=O) groups is 1. The van der Waals surface area contributed by atoms with Crippen LogP contribution in [0.25, 0.3) is 0 Å². The van der Waals surface area contributed by atoms with E-state index in [9.17, 15) is 4.79 Å². The molecule has 0 aliphatic rings. The van der Waals surface area contributed by atoms with Gasteiger partial charge in [0.1, 0.15) is 5.82 Å². The van der Waals surface area contributed by atoms with E-state index in [0.717, 1.165) is 17.1 Å². The van der Waals surface area contributed by atoms with Crippen molar-refractivity contribution in [3.8, 4) is 0 Å². The van der Waals surface area contributed by atoms with E-state index in [2.05, 4.69) is 20.6 Å². The molecule has 0 fully saturated rings. The highest BCUT2D eigenvalue weighted by molar-refractivity contribution is 5.89. The van der Waals surface area contributed by atoms with Crippen molar-refractivity contribution in [2.24, 2.45) is 0 Å². The van der Waals surface area contributed by atoms with Gasteiger partial charge in [-0.2, -0.15) is 4.98 Å². The van der Waals surface area contributed by atoms with Crippen LogP contribution < -0.4 is 15.5 Å². The van der Waals surface area contributed by atoms with Crippen LogP contribution in [0.5, 0.6) is 0 Å². The second-order valence-corrected chi connectivity index (χ2v) is 6.25. The highest BCUT2D eigenvalue weighted by Crippen LogP contribution is 2.20. The molecule has 7 nitrogen and oxygen atoms in total. The Kier molecular flexibility index (Phi) is 6.06. The molecule has 144 valence electrons. The molecule has 1 heterocycles. The normalized spacial score (nSPS) is 10.2. The quantitative estimate of drug-likeness (QED) is 0.597. The second-order valence-electron chi connectivity index (χ2n) is 6.25. The average molecular weight is 377 g/mol. The van der Waals surface area contributed by atoms with Crippen molar-refractivity contribution in [2.75, 3.05) is 36.2 Å². The summed E-state index contributed by atoms with van der Waals surface area (Å²) in [5.41, 5.74) is 3.35. The van der Waals surface area contributed by atoms with Gasteiger partial charge in [-0.15, -0.1) is 0 Å². The maximum Gasteiger partial charge on any atom is 0.338 e. The van der Waals surface area contributed by atoms with Crippen LogP contribution in [0.1, 0.15) is 17.3 Å². The standard InChI is InChI=1S/C21H23N5O2/c1-4-28-20(27)15-5-7-17(8-6-15)24-21-22-14-13-19(25-21)23-16-9-11-18(12-10-16)26(2)3/h5-14H,4H2,1-3H3,(H2,22,23,24,25). The lowest BCUT2D eigenvalue weighted by atomic mass is 10.2. The monoisotopic (exact) mass is 377 g/mol. The third kappa shape index (κ3) is 4.97. The molecule has 0 unspecified atom stereocenters. The summed E-state index contributed by atoms with van der Waals surface area (Å²) < 4.78 is 4.98. The average Bonchev–Trinajstić information content (AvgIpc) is 2.69. The molecule has 2 aromatic carbocycles. The molecule has 7 heteroatoms. The number of ether oxygens (including phenoxy) is 1. The van der Waals surface area contributed by atoms with Crippen molar-refractivity contribution in [2.45, 2.75) is 6.92 Å². The van der Waals surface area contributed by atoms with Gasteiger partial charge in [-0.05, 0) is 61.5 Å². The van der Waals surface area contributed by atoms with E-state index in [1.807, 2.05) is 43.3 Å². The Morgan fingerprint density at radius 3 is 2.25 bits per heavy atom. The summed E-state index contributed by atoms with van der Waals surface area (Å²) in [7, 11) is 4.01. The first-order valence-electron chi connectivity index (χ1n) is 8.97. The largest absolute Gasteiger partial charge is 0.462 e. The molecular formula is C21H23N5O2. The van der Waals surface area contributed by atoms with Gasteiger partial charge in [0.15, 0.2) is 0 Å². The predicted octanol–water partition coefficient (Wildman–Crippen LogP) is 4.21. The first-order chi connectivity index (χ1) is 13.5. The van der Waals surface area contributed by atoms with Gasteiger partial charge in [0, 0.05) is 37.4 Å². The van der Waals surface area contributed by atoms with Gasteiger partial charge >= 0.3 is 5.97 Å². The van der Waals surface area contributed by atoms with Crippen molar-refractivity contribution in [1.29, 1.82) is 0 Å². The number of hydrogen-bond donors (Lipinski definition) is 2. The molecule has 0 saturated heterocycles. The van der Waals surface area contributed by atoms with Gasteiger partial charge in [0.2, 0.25) is 5.95 Å². The molecule has 2 N–H and O–H groups in total. The number of nitrogens with one attached hydrogen (secondary N) is 2. The lowest BCUT2D eigenvalue weighted by Gasteiger charge is -2.13.